The third-order valence-electron chi connectivity index (χ3n) is 2.10. The first-order chi connectivity index (χ1) is 8.32. The Balaban J connectivity index is 2.99. The van der Waals surface area contributed by atoms with Crippen molar-refractivity contribution in [3.63, 3.8) is 0 Å². The Hall–Kier alpha value is -2.26. The molecular formula is C9H10N2O7. The summed E-state index contributed by atoms with van der Waals surface area (Å²) in [5.74, 6) is -2.91. The third kappa shape index (κ3) is 3.12. The van der Waals surface area contributed by atoms with Crippen LogP contribution in [0.15, 0.2) is 12.1 Å². The first-order valence-electron chi connectivity index (χ1n) is 4.75. The molecule has 0 spiro atoms. The Morgan fingerprint density at radius 1 is 1.44 bits per heavy atom. The van der Waals surface area contributed by atoms with Crippen LogP contribution in [0.5, 0.6) is 5.75 Å². The number of aliphatic hydroxyl groups excluding tert-OH is 2. The molecule has 9 nitrogen and oxygen atoms in total. The summed E-state index contributed by atoms with van der Waals surface area (Å²) in [6.45, 7) is 0. The maximum absolute atomic E-state index is 10.5. The average molecular weight is 258 g/mol. The summed E-state index contributed by atoms with van der Waals surface area (Å²) in [4.78, 5) is 23.2. The van der Waals surface area contributed by atoms with Gasteiger partial charge in [0.05, 0.1) is 12.5 Å². The number of nitrogens with zero attached hydrogens (tertiary/aromatic N) is 2. The molecule has 18 heavy (non-hydrogen) atoms. The number of hydrogen-bond donors (Lipinski definition) is 4. The van der Waals surface area contributed by atoms with E-state index in [4.69, 9.17) is 10.2 Å². The first kappa shape index (κ1) is 13.8. The molecule has 9 heteroatoms. The van der Waals surface area contributed by atoms with Gasteiger partial charge in [-0.2, -0.15) is 0 Å². The molecule has 2 unspecified atom stereocenters. The molecule has 0 aromatic carbocycles. The van der Waals surface area contributed by atoms with Crippen LogP contribution in [0.2, 0.25) is 0 Å². The zero-order chi connectivity index (χ0) is 13.9. The highest BCUT2D eigenvalue weighted by Crippen LogP contribution is 2.26. The van der Waals surface area contributed by atoms with Crippen molar-refractivity contribution in [3.8, 4) is 5.75 Å². The first-order valence-corrected chi connectivity index (χ1v) is 4.75. The van der Waals surface area contributed by atoms with E-state index in [0.29, 0.717) is 0 Å². The van der Waals surface area contributed by atoms with Gasteiger partial charge in [0.1, 0.15) is 6.10 Å². The Kier molecular flexibility index (Phi) is 4.13. The number of pyridine rings is 1. The van der Waals surface area contributed by atoms with Gasteiger partial charge < -0.3 is 30.5 Å². The minimum absolute atomic E-state index is 0.298. The van der Waals surface area contributed by atoms with Crippen molar-refractivity contribution in [3.05, 3.63) is 27.9 Å². The van der Waals surface area contributed by atoms with Crippen LogP contribution in [-0.2, 0) is 4.79 Å². The predicted molar refractivity (Wildman–Crippen MR) is 55.8 cm³/mol. The van der Waals surface area contributed by atoms with Crippen molar-refractivity contribution in [1.82, 2.24) is 4.98 Å². The second kappa shape index (κ2) is 5.38. The maximum atomic E-state index is 10.5. The summed E-state index contributed by atoms with van der Waals surface area (Å²) in [6, 6.07) is 1.98. The lowest BCUT2D eigenvalue weighted by Gasteiger charge is -2.12. The summed E-state index contributed by atoms with van der Waals surface area (Å²) in [7, 11) is 0. The lowest BCUT2D eigenvalue weighted by Crippen LogP contribution is -2.22. The Morgan fingerprint density at radius 3 is 2.56 bits per heavy atom. The number of carboxylic acid groups (broad SMARTS) is 1. The van der Waals surface area contributed by atoms with Crippen molar-refractivity contribution in [1.29, 1.82) is 0 Å². The predicted octanol–water partition coefficient (Wildman–Crippen LogP) is -0.436. The topological polar surface area (TPSA) is 154 Å². The summed E-state index contributed by atoms with van der Waals surface area (Å²) in [6.07, 6.45) is -4.09. The molecule has 1 aromatic rings. The second-order valence-electron chi connectivity index (χ2n) is 3.45. The lowest BCUT2D eigenvalue weighted by atomic mass is 10.1. The number of aliphatic hydroxyl groups is 2. The normalized spacial score (nSPS) is 13.9. The zero-order valence-corrected chi connectivity index (χ0v) is 8.92. The second-order valence-corrected chi connectivity index (χ2v) is 3.45. The van der Waals surface area contributed by atoms with Gasteiger partial charge in [-0.15, -0.1) is 0 Å². The van der Waals surface area contributed by atoms with Crippen LogP contribution in [0.3, 0.4) is 0 Å². The lowest BCUT2D eigenvalue weighted by molar-refractivity contribution is -0.390. The smallest absolute Gasteiger partial charge is 0.406 e. The highest BCUT2D eigenvalue weighted by atomic mass is 16.6. The fourth-order valence-electron chi connectivity index (χ4n) is 1.24. The van der Waals surface area contributed by atoms with Crippen LogP contribution in [0.1, 0.15) is 18.2 Å². The average Bonchev–Trinajstić information content (AvgIpc) is 2.27. The molecule has 0 fully saturated rings. The fourth-order valence-corrected chi connectivity index (χ4v) is 1.24. The molecule has 0 aliphatic carbocycles. The van der Waals surface area contributed by atoms with Crippen molar-refractivity contribution in [2.75, 3.05) is 0 Å². The van der Waals surface area contributed by atoms with E-state index in [1.54, 1.807) is 0 Å². The van der Waals surface area contributed by atoms with Crippen LogP contribution in [-0.4, -0.2) is 42.4 Å². The van der Waals surface area contributed by atoms with Crippen molar-refractivity contribution < 1.29 is 30.1 Å². The summed E-state index contributed by atoms with van der Waals surface area (Å²) >= 11 is 0. The molecule has 2 atom stereocenters. The van der Waals surface area contributed by atoms with E-state index in [1.165, 1.54) is 0 Å². The zero-order valence-electron chi connectivity index (χ0n) is 8.92. The number of hydrogen-bond acceptors (Lipinski definition) is 7. The summed E-state index contributed by atoms with van der Waals surface area (Å²) < 4.78 is 0. The van der Waals surface area contributed by atoms with E-state index < -0.39 is 41.1 Å². The Bertz CT molecular complexity index is 476. The highest BCUT2D eigenvalue weighted by molar-refractivity contribution is 5.67. The Labute approximate surface area is 100 Å². The van der Waals surface area contributed by atoms with E-state index in [9.17, 15) is 25.1 Å². The molecule has 0 saturated carbocycles. The molecule has 4 N–H and O–H groups in total. The molecule has 0 aliphatic rings. The van der Waals surface area contributed by atoms with Gasteiger partial charge in [-0.25, -0.2) is 0 Å². The van der Waals surface area contributed by atoms with Crippen LogP contribution in [0.4, 0.5) is 5.82 Å². The molecule has 0 saturated heterocycles. The number of carbonyl (C=O) groups is 1. The molecule has 0 radical (unpaired) electrons. The van der Waals surface area contributed by atoms with Crippen LogP contribution in [0, 0.1) is 10.1 Å². The number of nitro groups is 1. The molecule has 1 heterocycles. The molecule has 0 aliphatic heterocycles. The van der Waals surface area contributed by atoms with Gasteiger partial charge in [0, 0.05) is 0 Å². The van der Waals surface area contributed by atoms with E-state index >= 15 is 0 Å². The SMILES string of the molecule is O=C(O)CC(O)C(O)c1ccc(O)c([N+](=O)[O-])n1. The van der Waals surface area contributed by atoms with E-state index in [2.05, 4.69) is 4.98 Å². The van der Waals surface area contributed by atoms with Crippen molar-refractivity contribution in [2.45, 2.75) is 18.6 Å². The van der Waals surface area contributed by atoms with Gasteiger partial charge in [-0.1, -0.05) is 0 Å². The maximum Gasteiger partial charge on any atom is 0.406 e. The highest BCUT2D eigenvalue weighted by Gasteiger charge is 2.28. The molecule has 0 amide bonds. The van der Waals surface area contributed by atoms with E-state index in [-0.39, 0.29) is 5.69 Å². The molecule has 98 valence electrons. The van der Waals surface area contributed by atoms with Crippen LogP contribution >= 0.6 is 0 Å². The van der Waals surface area contributed by atoms with Crippen molar-refractivity contribution in [2.24, 2.45) is 0 Å². The van der Waals surface area contributed by atoms with Gasteiger partial charge >= 0.3 is 11.8 Å². The molecule has 0 bridgehead atoms. The fraction of sp³-hybridized carbons (Fsp3) is 0.333. The standard InChI is InChI=1S/C9H10N2O7/c12-5-2-1-4(10-9(5)11(17)18)8(16)6(13)3-7(14)15/h1-2,6,8,12-13,16H,3H2,(H,14,15). The van der Waals surface area contributed by atoms with E-state index in [1.807, 2.05) is 0 Å². The number of aliphatic carboxylic acids is 1. The summed E-state index contributed by atoms with van der Waals surface area (Å²) in [5, 5.41) is 46.9. The third-order valence-corrected chi connectivity index (χ3v) is 2.10. The minimum atomic E-state index is -1.69. The number of aromatic hydroxyl groups is 1. The molecular weight excluding hydrogens is 248 g/mol. The van der Waals surface area contributed by atoms with Gasteiger partial charge in [0.2, 0.25) is 5.75 Å². The van der Waals surface area contributed by atoms with Crippen molar-refractivity contribution >= 4 is 11.8 Å². The van der Waals surface area contributed by atoms with E-state index in [0.717, 1.165) is 12.1 Å². The number of rotatable bonds is 5. The van der Waals surface area contributed by atoms with Gasteiger partial charge in [0.15, 0.2) is 5.69 Å². The van der Waals surface area contributed by atoms with Crippen LogP contribution < -0.4 is 0 Å². The molecule has 1 rings (SSSR count). The minimum Gasteiger partial charge on any atom is -0.501 e. The Morgan fingerprint density at radius 2 is 2.06 bits per heavy atom. The quantitative estimate of drug-likeness (QED) is 0.409. The van der Waals surface area contributed by atoms with Gasteiger partial charge in [-0.3, -0.25) is 4.79 Å². The summed E-state index contributed by atoms with van der Waals surface area (Å²) in [5.41, 5.74) is -0.298. The van der Waals surface area contributed by atoms with Gasteiger partial charge in [0.25, 0.3) is 0 Å². The monoisotopic (exact) mass is 258 g/mol. The molecule has 1 aromatic heterocycles. The largest absolute Gasteiger partial charge is 0.501 e. The number of aromatic nitrogens is 1. The van der Waals surface area contributed by atoms with Crippen LogP contribution in [0.25, 0.3) is 0 Å². The number of carboxylic acids is 1. The van der Waals surface area contributed by atoms with Gasteiger partial charge in [-0.05, 0) is 22.0 Å².